The van der Waals surface area contributed by atoms with Gasteiger partial charge in [-0.1, -0.05) is 18.6 Å². The molecular weight excluding hydrogens is 369 g/mol. The molecule has 27 heavy (non-hydrogen) atoms. The zero-order valence-electron chi connectivity index (χ0n) is 14.8. The highest BCUT2D eigenvalue weighted by Gasteiger charge is 2.25. The van der Waals surface area contributed by atoms with Crippen LogP contribution in [0.15, 0.2) is 53.4 Å². The predicted octanol–water partition coefficient (Wildman–Crippen LogP) is 3.05. The number of benzene rings is 2. The molecule has 0 aliphatic carbocycles. The second-order valence-electron chi connectivity index (χ2n) is 6.37. The molecule has 0 saturated carbocycles. The fourth-order valence-corrected chi connectivity index (χ4v) is 4.47. The molecule has 3 rings (SSSR count). The number of para-hydroxylation sites is 1. The van der Waals surface area contributed by atoms with Gasteiger partial charge in [0, 0.05) is 18.8 Å². The molecule has 1 amide bonds. The lowest BCUT2D eigenvalue weighted by Crippen LogP contribution is -2.35. The summed E-state index contributed by atoms with van der Waals surface area (Å²) in [5, 5.41) is 5.38. The monoisotopic (exact) mass is 391 g/mol. The molecule has 0 spiro atoms. The van der Waals surface area contributed by atoms with Crippen LogP contribution in [0.5, 0.6) is 0 Å². The van der Waals surface area contributed by atoms with Crippen molar-refractivity contribution in [1.82, 2.24) is 4.31 Å². The lowest BCUT2D eigenvalue weighted by Gasteiger charge is -2.25. The molecule has 8 heteroatoms. The molecule has 2 aromatic carbocycles. The maximum Gasteiger partial charge on any atom is 0.243 e. The molecule has 1 aliphatic rings. The third kappa shape index (κ3) is 4.84. The molecule has 6 nitrogen and oxygen atoms in total. The first-order chi connectivity index (χ1) is 13.0. The van der Waals surface area contributed by atoms with Crippen LogP contribution in [0.1, 0.15) is 19.3 Å². The Balaban J connectivity index is 1.58. The van der Waals surface area contributed by atoms with E-state index < -0.39 is 15.8 Å². The van der Waals surface area contributed by atoms with Gasteiger partial charge in [0.2, 0.25) is 15.9 Å². The summed E-state index contributed by atoms with van der Waals surface area (Å²) in [5.41, 5.74) is 0.726. The summed E-state index contributed by atoms with van der Waals surface area (Å²) in [6.07, 6.45) is 2.81. The number of rotatable bonds is 6. The molecule has 0 aromatic heterocycles. The molecule has 2 aromatic rings. The fourth-order valence-electron chi connectivity index (χ4n) is 2.95. The molecule has 2 N–H and O–H groups in total. The van der Waals surface area contributed by atoms with Crippen molar-refractivity contribution in [2.24, 2.45) is 0 Å². The zero-order valence-corrected chi connectivity index (χ0v) is 15.6. The summed E-state index contributed by atoms with van der Waals surface area (Å²) in [4.78, 5) is 12.2. The van der Waals surface area contributed by atoms with E-state index in [0.29, 0.717) is 18.8 Å². The zero-order chi connectivity index (χ0) is 19.3. The topological polar surface area (TPSA) is 78.5 Å². The molecule has 1 fully saturated rings. The average Bonchev–Trinajstić information content (AvgIpc) is 2.68. The summed E-state index contributed by atoms with van der Waals surface area (Å²) in [7, 11) is -3.49. The van der Waals surface area contributed by atoms with Gasteiger partial charge >= 0.3 is 0 Å². The van der Waals surface area contributed by atoms with E-state index in [2.05, 4.69) is 10.6 Å². The van der Waals surface area contributed by atoms with E-state index in [1.807, 2.05) is 0 Å². The lowest BCUT2D eigenvalue weighted by molar-refractivity contribution is -0.114. The Labute approximate surface area is 158 Å². The SMILES string of the molecule is O=C(CNc1ccccc1F)Nc1ccc(S(=O)(=O)N2CCCCC2)cc1. The Morgan fingerprint density at radius 2 is 1.67 bits per heavy atom. The molecule has 1 heterocycles. The van der Waals surface area contributed by atoms with Gasteiger partial charge in [-0.25, -0.2) is 12.8 Å². The molecular formula is C19H22FN3O3S. The molecule has 1 saturated heterocycles. The number of sulfonamides is 1. The van der Waals surface area contributed by atoms with Crippen molar-refractivity contribution in [2.75, 3.05) is 30.3 Å². The highest BCUT2D eigenvalue weighted by atomic mass is 32.2. The van der Waals surface area contributed by atoms with Crippen molar-refractivity contribution in [3.8, 4) is 0 Å². The second-order valence-corrected chi connectivity index (χ2v) is 8.31. The minimum Gasteiger partial charge on any atom is -0.374 e. The number of piperidine rings is 1. The van der Waals surface area contributed by atoms with Crippen LogP contribution in [-0.2, 0) is 14.8 Å². The van der Waals surface area contributed by atoms with Gasteiger partial charge in [-0.05, 0) is 49.2 Å². The van der Waals surface area contributed by atoms with Gasteiger partial charge in [-0.2, -0.15) is 4.31 Å². The largest absolute Gasteiger partial charge is 0.374 e. The summed E-state index contributed by atoms with van der Waals surface area (Å²) in [6, 6.07) is 12.2. The van der Waals surface area contributed by atoms with Crippen molar-refractivity contribution in [2.45, 2.75) is 24.2 Å². The van der Waals surface area contributed by atoms with Gasteiger partial charge in [0.05, 0.1) is 17.1 Å². The third-order valence-electron chi connectivity index (χ3n) is 4.40. The molecule has 1 aliphatic heterocycles. The Morgan fingerprint density at radius 3 is 2.33 bits per heavy atom. The average molecular weight is 391 g/mol. The summed E-state index contributed by atoms with van der Waals surface area (Å²) < 4.78 is 40.2. The smallest absolute Gasteiger partial charge is 0.243 e. The highest BCUT2D eigenvalue weighted by Crippen LogP contribution is 2.22. The Kier molecular flexibility index (Phi) is 6.08. The number of carbonyl (C=O) groups is 1. The second kappa shape index (κ2) is 8.49. The van der Waals surface area contributed by atoms with Crippen LogP contribution in [0.2, 0.25) is 0 Å². The number of nitrogens with one attached hydrogen (secondary N) is 2. The van der Waals surface area contributed by atoms with Crippen molar-refractivity contribution >= 4 is 27.3 Å². The standard InChI is InChI=1S/C19H22FN3O3S/c20-17-6-2-3-7-18(17)21-14-19(24)22-15-8-10-16(11-9-15)27(25,26)23-12-4-1-5-13-23/h2-3,6-11,21H,1,4-5,12-14H2,(H,22,24). The first kappa shape index (κ1) is 19.3. The Morgan fingerprint density at radius 1 is 1.00 bits per heavy atom. The number of nitrogens with zero attached hydrogens (tertiary/aromatic N) is 1. The number of halogens is 1. The van der Waals surface area contributed by atoms with E-state index >= 15 is 0 Å². The Hall–Kier alpha value is -2.45. The number of hydrogen-bond donors (Lipinski definition) is 2. The summed E-state index contributed by atoms with van der Waals surface area (Å²) >= 11 is 0. The van der Waals surface area contributed by atoms with Gasteiger partial charge in [-0.15, -0.1) is 0 Å². The minimum absolute atomic E-state index is 0.102. The van der Waals surface area contributed by atoms with Gasteiger partial charge in [-0.3, -0.25) is 4.79 Å². The van der Waals surface area contributed by atoms with Crippen molar-refractivity contribution < 1.29 is 17.6 Å². The van der Waals surface area contributed by atoms with E-state index in [4.69, 9.17) is 0 Å². The number of amides is 1. The van der Waals surface area contributed by atoms with Crippen LogP contribution in [0.3, 0.4) is 0 Å². The van der Waals surface area contributed by atoms with Gasteiger partial charge < -0.3 is 10.6 Å². The van der Waals surface area contributed by atoms with Crippen LogP contribution in [0.4, 0.5) is 15.8 Å². The Bertz CT molecular complexity index is 895. The first-order valence-corrected chi connectivity index (χ1v) is 10.3. The molecule has 0 atom stereocenters. The number of anilines is 2. The number of hydrogen-bond acceptors (Lipinski definition) is 4. The van der Waals surface area contributed by atoms with Gasteiger partial charge in [0.25, 0.3) is 0 Å². The summed E-state index contributed by atoms with van der Waals surface area (Å²) in [6.45, 7) is 0.986. The van der Waals surface area contributed by atoms with E-state index in [-0.39, 0.29) is 23.0 Å². The molecule has 0 bridgehead atoms. The van der Waals surface area contributed by atoms with Crippen LogP contribution in [-0.4, -0.2) is 38.3 Å². The molecule has 0 unspecified atom stereocenters. The van der Waals surface area contributed by atoms with Crippen molar-refractivity contribution in [3.63, 3.8) is 0 Å². The van der Waals surface area contributed by atoms with Crippen LogP contribution in [0.25, 0.3) is 0 Å². The highest BCUT2D eigenvalue weighted by molar-refractivity contribution is 7.89. The van der Waals surface area contributed by atoms with Gasteiger partial charge in [0.1, 0.15) is 5.82 Å². The predicted molar refractivity (Wildman–Crippen MR) is 103 cm³/mol. The van der Waals surface area contributed by atoms with E-state index in [9.17, 15) is 17.6 Å². The van der Waals surface area contributed by atoms with Crippen LogP contribution in [0, 0.1) is 5.82 Å². The summed E-state index contributed by atoms with van der Waals surface area (Å²) in [5.74, 6) is -0.789. The maximum absolute atomic E-state index is 13.5. The fraction of sp³-hybridized carbons (Fsp3) is 0.316. The van der Waals surface area contributed by atoms with E-state index in [0.717, 1.165) is 19.3 Å². The van der Waals surface area contributed by atoms with E-state index in [1.165, 1.54) is 22.5 Å². The van der Waals surface area contributed by atoms with Crippen LogP contribution < -0.4 is 10.6 Å². The van der Waals surface area contributed by atoms with E-state index in [1.54, 1.807) is 30.3 Å². The first-order valence-electron chi connectivity index (χ1n) is 8.85. The lowest BCUT2D eigenvalue weighted by atomic mass is 10.2. The van der Waals surface area contributed by atoms with Crippen molar-refractivity contribution in [1.29, 1.82) is 0 Å². The normalized spacial score (nSPS) is 15.3. The quantitative estimate of drug-likeness (QED) is 0.793. The molecule has 144 valence electrons. The number of carbonyl (C=O) groups excluding carboxylic acids is 1. The molecule has 0 radical (unpaired) electrons. The van der Waals surface area contributed by atoms with Crippen molar-refractivity contribution in [3.05, 3.63) is 54.3 Å². The van der Waals surface area contributed by atoms with Gasteiger partial charge in [0.15, 0.2) is 0 Å². The third-order valence-corrected chi connectivity index (χ3v) is 6.32. The maximum atomic E-state index is 13.5. The minimum atomic E-state index is -3.49. The van der Waals surface area contributed by atoms with Crippen LogP contribution >= 0.6 is 0 Å².